The van der Waals surface area contributed by atoms with Crippen molar-refractivity contribution in [2.45, 2.75) is 31.5 Å². The molecule has 0 heterocycles. The summed E-state index contributed by atoms with van der Waals surface area (Å²) in [6.45, 7) is 8.61. The van der Waals surface area contributed by atoms with Crippen molar-refractivity contribution in [2.24, 2.45) is 0 Å². The Morgan fingerprint density at radius 3 is 2.27 bits per heavy atom. The van der Waals surface area contributed by atoms with Gasteiger partial charge < -0.3 is 4.43 Å². The minimum absolute atomic E-state index is 1.01. The second kappa shape index (κ2) is 5.42. The number of hydrogen-bond donors (Lipinski definition) is 0. The van der Waals surface area contributed by atoms with Crippen LogP contribution in [0.25, 0.3) is 0 Å². The van der Waals surface area contributed by atoms with Gasteiger partial charge in [0.05, 0.1) is 0 Å². The van der Waals surface area contributed by atoms with Crippen LogP contribution in [-0.4, -0.2) is 8.32 Å². The molecule has 1 rings (SSSR count). The van der Waals surface area contributed by atoms with Crippen molar-refractivity contribution < 1.29 is 4.43 Å². The van der Waals surface area contributed by atoms with E-state index >= 15 is 0 Å². The summed E-state index contributed by atoms with van der Waals surface area (Å²) < 4.78 is 5.95. The molecular formula is C12H18OSSi. The molecule has 82 valence electrons. The Bertz CT molecular complexity index is 327. The summed E-state index contributed by atoms with van der Waals surface area (Å²) in [5.41, 5.74) is 0. The Kier molecular flexibility index (Phi) is 4.48. The van der Waals surface area contributed by atoms with Crippen molar-refractivity contribution >= 4 is 20.1 Å². The summed E-state index contributed by atoms with van der Waals surface area (Å²) in [7, 11) is -1.48. The van der Waals surface area contributed by atoms with Crippen LogP contribution in [0.2, 0.25) is 19.6 Å². The predicted molar refractivity (Wildman–Crippen MR) is 70.5 cm³/mol. The molecule has 0 bridgehead atoms. The maximum Gasteiger partial charge on any atom is 0.242 e. The van der Waals surface area contributed by atoms with E-state index in [0.29, 0.717) is 0 Å². The highest BCUT2D eigenvalue weighted by atomic mass is 32.2. The zero-order valence-corrected chi connectivity index (χ0v) is 11.6. The predicted octanol–water partition coefficient (Wildman–Crippen LogP) is 4.49. The van der Waals surface area contributed by atoms with E-state index in [1.54, 1.807) is 11.8 Å². The van der Waals surface area contributed by atoms with E-state index in [2.05, 4.69) is 31.8 Å². The fraction of sp³-hybridized carbons (Fsp3) is 0.333. The summed E-state index contributed by atoms with van der Waals surface area (Å²) in [5.74, 6) is 0. The number of rotatable bonds is 4. The van der Waals surface area contributed by atoms with Crippen molar-refractivity contribution in [3.05, 3.63) is 41.5 Å². The molecule has 0 atom stereocenters. The SMILES string of the molecule is C/C=C(\O[Si](C)(C)C)Sc1ccccc1. The van der Waals surface area contributed by atoms with Gasteiger partial charge in [-0.3, -0.25) is 0 Å². The van der Waals surface area contributed by atoms with Crippen LogP contribution in [0.5, 0.6) is 0 Å². The van der Waals surface area contributed by atoms with Crippen LogP contribution in [0.4, 0.5) is 0 Å². The van der Waals surface area contributed by atoms with Gasteiger partial charge in [0.1, 0.15) is 5.09 Å². The van der Waals surface area contributed by atoms with Gasteiger partial charge in [0.25, 0.3) is 0 Å². The summed E-state index contributed by atoms with van der Waals surface area (Å²) in [5, 5.41) is 1.01. The largest absolute Gasteiger partial charge is 0.540 e. The molecule has 0 aliphatic heterocycles. The smallest absolute Gasteiger partial charge is 0.242 e. The van der Waals surface area contributed by atoms with Crippen molar-refractivity contribution in [3.63, 3.8) is 0 Å². The van der Waals surface area contributed by atoms with Gasteiger partial charge in [0, 0.05) is 4.90 Å². The Morgan fingerprint density at radius 2 is 1.80 bits per heavy atom. The lowest BCUT2D eigenvalue weighted by Crippen LogP contribution is -2.24. The van der Waals surface area contributed by atoms with E-state index in [1.807, 2.05) is 31.2 Å². The second-order valence-electron chi connectivity index (χ2n) is 4.24. The lowest BCUT2D eigenvalue weighted by Gasteiger charge is -2.21. The fourth-order valence-electron chi connectivity index (χ4n) is 1.05. The Hall–Kier alpha value is -0.673. The van der Waals surface area contributed by atoms with Crippen molar-refractivity contribution in [1.29, 1.82) is 0 Å². The number of benzene rings is 1. The summed E-state index contributed by atoms with van der Waals surface area (Å²) >= 11 is 1.69. The molecule has 0 unspecified atom stereocenters. The maximum absolute atomic E-state index is 5.95. The third kappa shape index (κ3) is 5.09. The molecule has 15 heavy (non-hydrogen) atoms. The lowest BCUT2D eigenvalue weighted by molar-refractivity contribution is 0.463. The van der Waals surface area contributed by atoms with Gasteiger partial charge in [-0.15, -0.1) is 0 Å². The minimum atomic E-state index is -1.48. The van der Waals surface area contributed by atoms with Gasteiger partial charge in [-0.1, -0.05) is 30.0 Å². The van der Waals surface area contributed by atoms with Gasteiger partial charge in [0.2, 0.25) is 8.32 Å². The molecular weight excluding hydrogens is 220 g/mol. The highest BCUT2D eigenvalue weighted by molar-refractivity contribution is 8.03. The molecule has 0 saturated heterocycles. The van der Waals surface area contributed by atoms with Gasteiger partial charge in [-0.25, -0.2) is 0 Å². The van der Waals surface area contributed by atoms with Gasteiger partial charge in [0.15, 0.2) is 0 Å². The molecule has 0 aliphatic rings. The fourth-order valence-corrected chi connectivity index (χ4v) is 3.33. The minimum Gasteiger partial charge on any atom is -0.540 e. The Labute approximate surface area is 97.7 Å². The van der Waals surface area contributed by atoms with Gasteiger partial charge >= 0.3 is 0 Å². The average molecular weight is 238 g/mol. The van der Waals surface area contributed by atoms with Crippen molar-refractivity contribution in [2.75, 3.05) is 0 Å². The third-order valence-corrected chi connectivity index (χ3v) is 3.61. The van der Waals surface area contributed by atoms with Crippen molar-refractivity contribution in [1.82, 2.24) is 0 Å². The second-order valence-corrected chi connectivity index (χ2v) is 9.74. The van der Waals surface area contributed by atoms with E-state index in [4.69, 9.17) is 4.43 Å². The summed E-state index contributed by atoms with van der Waals surface area (Å²) in [6.07, 6.45) is 2.04. The lowest BCUT2D eigenvalue weighted by atomic mass is 10.4. The first-order valence-corrected chi connectivity index (χ1v) is 9.32. The van der Waals surface area contributed by atoms with Crippen LogP contribution in [-0.2, 0) is 4.43 Å². The van der Waals surface area contributed by atoms with Gasteiger partial charge in [-0.2, -0.15) is 0 Å². The first kappa shape index (κ1) is 12.4. The van der Waals surface area contributed by atoms with E-state index < -0.39 is 8.32 Å². The molecule has 3 heteroatoms. The molecule has 1 aromatic carbocycles. The molecule has 0 radical (unpaired) electrons. The number of hydrogen-bond acceptors (Lipinski definition) is 2. The third-order valence-electron chi connectivity index (χ3n) is 1.60. The van der Waals surface area contributed by atoms with Crippen LogP contribution >= 0.6 is 11.8 Å². The monoisotopic (exact) mass is 238 g/mol. The normalized spacial score (nSPS) is 12.7. The van der Waals surface area contributed by atoms with Gasteiger partial charge in [-0.05, 0) is 44.8 Å². The first-order chi connectivity index (χ1) is 7.01. The topological polar surface area (TPSA) is 9.23 Å². The summed E-state index contributed by atoms with van der Waals surface area (Å²) in [6, 6.07) is 10.3. The molecule has 0 saturated carbocycles. The molecule has 1 aromatic rings. The first-order valence-electron chi connectivity index (χ1n) is 5.09. The molecule has 0 aromatic heterocycles. The number of thioether (sulfide) groups is 1. The van der Waals surface area contributed by atoms with E-state index in [1.165, 1.54) is 4.90 Å². The quantitative estimate of drug-likeness (QED) is 0.434. The summed E-state index contributed by atoms with van der Waals surface area (Å²) in [4.78, 5) is 1.23. The van der Waals surface area contributed by atoms with E-state index in [-0.39, 0.29) is 0 Å². The van der Waals surface area contributed by atoms with Crippen molar-refractivity contribution in [3.8, 4) is 0 Å². The average Bonchev–Trinajstić information content (AvgIpc) is 2.16. The Balaban J connectivity index is 2.64. The molecule has 0 fully saturated rings. The molecule has 1 nitrogen and oxygen atoms in total. The zero-order chi connectivity index (χ0) is 11.3. The molecule has 0 aliphatic carbocycles. The molecule has 0 N–H and O–H groups in total. The molecule has 0 amide bonds. The Morgan fingerprint density at radius 1 is 1.20 bits per heavy atom. The van der Waals surface area contributed by atoms with Crippen LogP contribution < -0.4 is 0 Å². The van der Waals surface area contributed by atoms with Crippen LogP contribution in [0, 0.1) is 0 Å². The highest BCUT2D eigenvalue weighted by Gasteiger charge is 2.17. The van der Waals surface area contributed by atoms with Crippen LogP contribution in [0.3, 0.4) is 0 Å². The molecule has 0 spiro atoms. The standard InChI is InChI=1S/C12H18OSSi/c1-5-12(13-15(2,3)4)14-11-9-7-6-8-10-11/h5-10H,1-4H3/b12-5+. The van der Waals surface area contributed by atoms with E-state index in [0.717, 1.165) is 5.09 Å². The van der Waals surface area contributed by atoms with Crippen LogP contribution in [0.1, 0.15) is 6.92 Å². The zero-order valence-electron chi connectivity index (χ0n) is 9.78. The number of allylic oxidation sites excluding steroid dienone is 1. The maximum atomic E-state index is 5.95. The van der Waals surface area contributed by atoms with Crippen LogP contribution in [0.15, 0.2) is 46.4 Å². The van der Waals surface area contributed by atoms with E-state index in [9.17, 15) is 0 Å². The highest BCUT2D eigenvalue weighted by Crippen LogP contribution is 2.29.